The number of nitrogens with one attached hydrogen (secondary N) is 1. The monoisotopic (exact) mass is 269 g/mol. The third-order valence-corrected chi connectivity index (χ3v) is 2.98. The first-order chi connectivity index (χ1) is 9.86. The first-order valence-corrected chi connectivity index (χ1v) is 6.32. The summed E-state index contributed by atoms with van der Waals surface area (Å²) in [7, 11) is 1.70. The lowest BCUT2D eigenvalue weighted by atomic mass is 10.1. The van der Waals surface area contributed by atoms with Crippen molar-refractivity contribution in [2.24, 2.45) is 0 Å². The summed E-state index contributed by atoms with van der Waals surface area (Å²) in [4.78, 5) is 4.29. The Bertz CT molecular complexity index is 709. The van der Waals surface area contributed by atoms with Gasteiger partial charge in [0.25, 0.3) is 0 Å². The van der Waals surface area contributed by atoms with Crippen molar-refractivity contribution in [1.29, 1.82) is 0 Å². The maximum absolute atomic E-state index is 5.14. The SMILES string of the molecule is COCc1cccc(CNc2nccn3cnnc23)c1. The Balaban J connectivity index is 1.76. The van der Waals surface area contributed by atoms with Crippen molar-refractivity contribution in [3.63, 3.8) is 0 Å². The van der Waals surface area contributed by atoms with Crippen LogP contribution in [0, 0.1) is 0 Å². The van der Waals surface area contributed by atoms with E-state index >= 15 is 0 Å². The van der Waals surface area contributed by atoms with Gasteiger partial charge >= 0.3 is 0 Å². The van der Waals surface area contributed by atoms with Gasteiger partial charge in [0.2, 0.25) is 5.65 Å². The number of benzene rings is 1. The first kappa shape index (κ1) is 12.6. The van der Waals surface area contributed by atoms with Gasteiger partial charge in [0.05, 0.1) is 6.61 Å². The van der Waals surface area contributed by atoms with Gasteiger partial charge in [0, 0.05) is 26.0 Å². The normalized spacial score (nSPS) is 10.8. The largest absolute Gasteiger partial charge is 0.380 e. The molecule has 0 atom stereocenters. The highest BCUT2D eigenvalue weighted by atomic mass is 16.5. The summed E-state index contributed by atoms with van der Waals surface area (Å²) >= 11 is 0. The highest BCUT2D eigenvalue weighted by molar-refractivity contribution is 5.61. The zero-order valence-electron chi connectivity index (χ0n) is 11.2. The summed E-state index contributed by atoms with van der Waals surface area (Å²) in [5, 5.41) is 11.2. The molecule has 3 rings (SSSR count). The van der Waals surface area contributed by atoms with Crippen molar-refractivity contribution >= 4 is 11.5 Å². The molecule has 2 aromatic heterocycles. The molecule has 0 fully saturated rings. The second-order valence-corrected chi connectivity index (χ2v) is 4.44. The van der Waals surface area contributed by atoms with Crippen molar-refractivity contribution < 1.29 is 4.74 Å². The van der Waals surface area contributed by atoms with Gasteiger partial charge in [-0.05, 0) is 11.1 Å². The molecule has 0 saturated carbocycles. The van der Waals surface area contributed by atoms with E-state index in [2.05, 4.69) is 32.6 Å². The summed E-state index contributed by atoms with van der Waals surface area (Å²) in [6, 6.07) is 8.25. The summed E-state index contributed by atoms with van der Waals surface area (Å²) < 4.78 is 6.97. The molecule has 0 amide bonds. The van der Waals surface area contributed by atoms with E-state index in [9.17, 15) is 0 Å². The van der Waals surface area contributed by atoms with Crippen LogP contribution >= 0.6 is 0 Å². The lowest BCUT2D eigenvalue weighted by Gasteiger charge is -2.07. The molecule has 1 N–H and O–H groups in total. The van der Waals surface area contributed by atoms with Crippen LogP contribution in [0.2, 0.25) is 0 Å². The summed E-state index contributed by atoms with van der Waals surface area (Å²) in [6.45, 7) is 1.29. The average Bonchev–Trinajstić information content (AvgIpc) is 2.95. The molecule has 6 heteroatoms. The fourth-order valence-electron chi connectivity index (χ4n) is 2.07. The van der Waals surface area contributed by atoms with Crippen LogP contribution in [0.15, 0.2) is 43.0 Å². The molecule has 0 bridgehead atoms. The minimum atomic E-state index is 0.617. The van der Waals surface area contributed by atoms with Crippen LogP contribution in [0.25, 0.3) is 5.65 Å². The van der Waals surface area contributed by atoms with Gasteiger partial charge in [0.1, 0.15) is 6.33 Å². The van der Waals surface area contributed by atoms with Gasteiger partial charge < -0.3 is 10.1 Å². The predicted molar refractivity (Wildman–Crippen MR) is 75.3 cm³/mol. The smallest absolute Gasteiger partial charge is 0.203 e. The van der Waals surface area contributed by atoms with Crippen LogP contribution in [-0.2, 0) is 17.9 Å². The quantitative estimate of drug-likeness (QED) is 0.766. The number of methoxy groups -OCH3 is 1. The number of hydrogen-bond acceptors (Lipinski definition) is 5. The Morgan fingerprint density at radius 3 is 3.10 bits per heavy atom. The number of nitrogens with zero attached hydrogens (tertiary/aromatic N) is 4. The molecule has 0 saturated heterocycles. The van der Waals surface area contributed by atoms with Gasteiger partial charge in [-0.2, -0.15) is 0 Å². The van der Waals surface area contributed by atoms with Gasteiger partial charge in [-0.3, -0.25) is 4.40 Å². The van der Waals surface area contributed by atoms with E-state index in [1.165, 1.54) is 5.56 Å². The Morgan fingerprint density at radius 1 is 1.30 bits per heavy atom. The average molecular weight is 269 g/mol. The van der Waals surface area contributed by atoms with Gasteiger partial charge in [0.15, 0.2) is 5.82 Å². The third kappa shape index (κ3) is 2.60. The van der Waals surface area contributed by atoms with E-state index in [4.69, 9.17) is 4.74 Å². The number of aromatic nitrogens is 4. The molecule has 3 aromatic rings. The molecule has 2 heterocycles. The standard InChI is InChI=1S/C14H15N5O/c1-20-9-12-4-2-3-11(7-12)8-16-13-14-18-17-10-19(14)6-5-15-13/h2-7,10H,8-9H2,1H3,(H,15,16). The van der Waals surface area contributed by atoms with Crippen LogP contribution in [-0.4, -0.2) is 26.7 Å². The maximum atomic E-state index is 5.14. The van der Waals surface area contributed by atoms with E-state index in [1.54, 1.807) is 19.6 Å². The summed E-state index contributed by atoms with van der Waals surface area (Å²) in [5.74, 6) is 0.724. The van der Waals surface area contributed by atoms with E-state index < -0.39 is 0 Å². The van der Waals surface area contributed by atoms with Crippen LogP contribution in [0.3, 0.4) is 0 Å². The molecule has 0 aliphatic carbocycles. The van der Waals surface area contributed by atoms with E-state index in [-0.39, 0.29) is 0 Å². The van der Waals surface area contributed by atoms with Crippen molar-refractivity contribution in [2.75, 3.05) is 12.4 Å². The second kappa shape index (κ2) is 5.66. The fraction of sp³-hybridized carbons (Fsp3) is 0.214. The molecule has 102 valence electrons. The molecular formula is C14H15N5O. The van der Waals surface area contributed by atoms with Crippen LogP contribution < -0.4 is 5.32 Å². The predicted octanol–water partition coefficient (Wildman–Crippen LogP) is 1.88. The molecule has 6 nitrogen and oxygen atoms in total. The minimum Gasteiger partial charge on any atom is -0.380 e. The first-order valence-electron chi connectivity index (χ1n) is 6.32. The van der Waals surface area contributed by atoms with E-state index in [1.807, 2.05) is 22.7 Å². The molecule has 20 heavy (non-hydrogen) atoms. The summed E-state index contributed by atoms with van der Waals surface area (Å²) in [6.07, 6.45) is 5.20. The Hall–Kier alpha value is -2.47. The highest BCUT2D eigenvalue weighted by Crippen LogP contribution is 2.12. The zero-order chi connectivity index (χ0) is 13.8. The number of rotatable bonds is 5. The number of ether oxygens (including phenoxy) is 1. The van der Waals surface area contributed by atoms with Crippen molar-refractivity contribution in [2.45, 2.75) is 13.2 Å². The summed E-state index contributed by atoms with van der Waals surface area (Å²) in [5.41, 5.74) is 3.05. The van der Waals surface area contributed by atoms with Gasteiger partial charge in [-0.15, -0.1) is 10.2 Å². The molecule has 0 radical (unpaired) electrons. The molecular weight excluding hydrogens is 254 g/mol. The Morgan fingerprint density at radius 2 is 2.20 bits per heavy atom. The third-order valence-electron chi connectivity index (χ3n) is 2.98. The van der Waals surface area contributed by atoms with Gasteiger partial charge in [-0.25, -0.2) is 4.98 Å². The van der Waals surface area contributed by atoms with Crippen LogP contribution in [0.5, 0.6) is 0 Å². The van der Waals surface area contributed by atoms with E-state index in [0.717, 1.165) is 17.0 Å². The lowest BCUT2D eigenvalue weighted by Crippen LogP contribution is -2.04. The minimum absolute atomic E-state index is 0.617. The Labute approximate surface area is 116 Å². The molecule has 0 spiro atoms. The second-order valence-electron chi connectivity index (χ2n) is 4.44. The number of anilines is 1. The van der Waals surface area contributed by atoms with Crippen LogP contribution in [0.4, 0.5) is 5.82 Å². The number of fused-ring (bicyclic) bond motifs is 1. The topological polar surface area (TPSA) is 64.3 Å². The van der Waals surface area contributed by atoms with Crippen molar-refractivity contribution in [1.82, 2.24) is 19.6 Å². The molecule has 0 aliphatic heterocycles. The van der Waals surface area contributed by atoms with Gasteiger partial charge in [-0.1, -0.05) is 24.3 Å². The Kier molecular flexibility index (Phi) is 3.56. The van der Waals surface area contributed by atoms with Crippen molar-refractivity contribution in [3.8, 4) is 0 Å². The lowest BCUT2D eigenvalue weighted by molar-refractivity contribution is 0.185. The maximum Gasteiger partial charge on any atom is 0.203 e. The number of hydrogen-bond donors (Lipinski definition) is 1. The molecule has 0 unspecified atom stereocenters. The van der Waals surface area contributed by atoms with Crippen molar-refractivity contribution in [3.05, 3.63) is 54.1 Å². The zero-order valence-corrected chi connectivity index (χ0v) is 11.2. The van der Waals surface area contributed by atoms with E-state index in [0.29, 0.717) is 13.2 Å². The molecule has 1 aromatic carbocycles. The van der Waals surface area contributed by atoms with Crippen LogP contribution in [0.1, 0.15) is 11.1 Å². The highest BCUT2D eigenvalue weighted by Gasteiger charge is 2.04. The fourth-order valence-corrected chi connectivity index (χ4v) is 2.07. The molecule has 0 aliphatic rings.